The van der Waals surface area contributed by atoms with Gasteiger partial charge in [-0.25, -0.2) is 0 Å². The molecule has 118 valence electrons. The second-order valence-corrected chi connectivity index (χ2v) is 7.39. The van der Waals surface area contributed by atoms with Crippen LogP contribution < -0.4 is 0 Å². The first-order chi connectivity index (χ1) is 10.2. The zero-order valence-corrected chi connectivity index (χ0v) is 15.0. The first kappa shape index (κ1) is 15.5. The minimum atomic E-state index is 0.824. The molecule has 1 saturated heterocycles. The Balaban J connectivity index is 1.80. The fourth-order valence-corrected chi connectivity index (χ4v) is 4.97. The van der Waals surface area contributed by atoms with Crippen molar-refractivity contribution in [3.63, 3.8) is 0 Å². The van der Waals surface area contributed by atoms with Crippen LogP contribution >= 0.6 is 15.9 Å². The topological polar surface area (TPSA) is 21.1 Å². The van der Waals surface area contributed by atoms with E-state index in [9.17, 15) is 0 Å². The number of hydrogen-bond donors (Lipinski definition) is 0. The Morgan fingerprint density at radius 3 is 2.67 bits per heavy atom. The minimum absolute atomic E-state index is 0.824. The second-order valence-electron chi connectivity index (χ2n) is 6.60. The van der Waals surface area contributed by atoms with E-state index in [1.54, 1.807) is 0 Å². The van der Waals surface area contributed by atoms with Crippen molar-refractivity contribution in [2.45, 2.75) is 77.9 Å². The van der Waals surface area contributed by atoms with Gasteiger partial charge in [0.2, 0.25) is 0 Å². The van der Waals surface area contributed by atoms with Crippen LogP contribution in [-0.2, 0) is 19.5 Å². The van der Waals surface area contributed by atoms with Crippen LogP contribution in [0.15, 0.2) is 4.47 Å². The molecule has 2 atom stereocenters. The highest BCUT2D eigenvalue weighted by molar-refractivity contribution is 9.10. The van der Waals surface area contributed by atoms with Crippen LogP contribution in [0.1, 0.15) is 63.8 Å². The molecule has 2 aliphatic rings. The van der Waals surface area contributed by atoms with Crippen molar-refractivity contribution in [2.75, 3.05) is 6.54 Å². The lowest BCUT2D eigenvalue weighted by atomic mass is 9.78. The highest BCUT2D eigenvalue weighted by atomic mass is 79.9. The first-order valence-corrected chi connectivity index (χ1v) is 9.52. The molecule has 1 aromatic rings. The normalized spacial score (nSPS) is 26.8. The van der Waals surface area contributed by atoms with E-state index in [2.05, 4.69) is 39.4 Å². The standard InChI is InChI=1S/C17H28BrN3/c1-3-14-17(18)16(21(4-2)19-14)12-20-11-7-9-13-8-5-6-10-15(13)20/h13,15H,3-12H2,1-2H3. The van der Waals surface area contributed by atoms with Crippen LogP contribution in [0.3, 0.4) is 0 Å². The molecule has 2 fully saturated rings. The summed E-state index contributed by atoms with van der Waals surface area (Å²) in [6.45, 7) is 7.69. The van der Waals surface area contributed by atoms with Crippen LogP contribution in [0.4, 0.5) is 0 Å². The van der Waals surface area contributed by atoms with Gasteiger partial charge in [0.1, 0.15) is 0 Å². The van der Waals surface area contributed by atoms with Gasteiger partial charge in [0.25, 0.3) is 0 Å². The first-order valence-electron chi connectivity index (χ1n) is 8.72. The highest BCUT2D eigenvalue weighted by Gasteiger charge is 2.33. The smallest absolute Gasteiger partial charge is 0.0767 e. The predicted molar refractivity (Wildman–Crippen MR) is 90.4 cm³/mol. The zero-order valence-electron chi connectivity index (χ0n) is 13.4. The molecular weight excluding hydrogens is 326 g/mol. The van der Waals surface area contributed by atoms with Crippen molar-refractivity contribution in [1.82, 2.24) is 14.7 Å². The summed E-state index contributed by atoms with van der Waals surface area (Å²) in [4.78, 5) is 2.75. The van der Waals surface area contributed by atoms with Crippen LogP contribution in [0.25, 0.3) is 0 Å². The van der Waals surface area contributed by atoms with Crippen LogP contribution in [0, 0.1) is 5.92 Å². The van der Waals surface area contributed by atoms with Gasteiger partial charge in [-0.2, -0.15) is 5.10 Å². The van der Waals surface area contributed by atoms with Crippen LogP contribution in [0.5, 0.6) is 0 Å². The molecule has 1 aromatic heterocycles. The number of nitrogens with zero attached hydrogens (tertiary/aromatic N) is 3. The number of likely N-dealkylation sites (tertiary alicyclic amines) is 1. The number of fused-ring (bicyclic) bond motifs is 1. The minimum Gasteiger partial charge on any atom is -0.294 e. The Labute approximate surface area is 137 Å². The van der Waals surface area contributed by atoms with E-state index in [-0.39, 0.29) is 0 Å². The molecule has 0 radical (unpaired) electrons. The molecular formula is C17H28BrN3. The van der Waals surface area contributed by atoms with Gasteiger partial charge in [-0.1, -0.05) is 19.8 Å². The lowest BCUT2D eigenvalue weighted by molar-refractivity contribution is 0.0525. The average Bonchev–Trinajstić information content (AvgIpc) is 2.83. The summed E-state index contributed by atoms with van der Waals surface area (Å²) in [5.74, 6) is 0.954. The number of rotatable bonds is 4. The van der Waals surface area contributed by atoms with Crippen LogP contribution in [-0.4, -0.2) is 27.3 Å². The summed E-state index contributed by atoms with van der Waals surface area (Å²) in [6, 6.07) is 0.824. The second kappa shape index (κ2) is 6.82. The van der Waals surface area contributed by atoms with E-state index in [4.69, 9.17) is 5.10 Å². The molecule has 0 aromatic carbocycles. The van der Waals surface area contributed by atoms with Crippen molar-refractivity contribution in [1.29, 1.82) is 0 Å². The molecule has 1 aliphatic heterocycles. The van der Waals surface area contributed by atoms with Gasteiger partial charge in [0.15, 0.2) is 0 Å². The monoisotopic (exact) mass is 353 g/mol. The van der Waals surface area contributed by atoms with Gasteiger partial charge < -0.3 is 0 Å². The van der Waals surface area contributed by atoms with Crippen LogP contribution in [0.2, 0.25) is 0 Å². The number of hydrogen-bond acceptors (Lipinski definition) is 2. The number of aromatic nitrogens is 2. The summed E-state index contributed by atoms with van der Waals surface area (Å²) in [5, 5.41) is 4.76. The van der Waals surface area contributed by atoms with E-state index in [1.807, 2.05) is 0 Å². The number of halogens is 1. The van der Waals surface area contributed by atoms with Gasteiger partial charge in [0.05, 0.1) is 15.9 Å². The largest absolute Gasteiger partial charge is 0.294 e. The Kier molecular flexibility index (Phi) is 5.05. The molecule has 3 rings (SSSR count). The highest BCUT2D eigenvalue weighted by Crippen LogP contribution is 2.36. The molecule has 3 nitrogen and oxygen atoms in total. The summed E-state index contributed by atoms with van der Waals surface area (Å²) in [5.41, 5.74) is 2.60. The molecule has 0 amide bonds. The van der Waals surface area contributed by atoms with E-state index in [0.29, 0.717) is 0 Å². The number of piperidine rings is 1. The fraction of sp³-hybridized carbons (Fsp3) is 0.824. The molecule has 21 heavy (non-hydrogen) atoms. The van der Waals surface area contributed by atoms with E-state index in [1.165, 1.54) is 60.9 Å². The SMILES string of the molecule is CCc1nn(CC)c(CN2CCCC3CCCCC32)c1Br. The van der Waals surface area contributed by atoms with E-state index in [0.717, 1.165) is 31.5 Å². The van der Waals surface area contributed by atoms with Gasteiger partial charge >= 0.3 is 0 Å². The third-order valence-electron chi connectivity index (χ3n) is 5.41. The average molecular weight is 354 g/mol. The quantitative estimate of drug-likeness (QED) is 0.800. The lowest BCUT2D eigenvalue weighted by Gasteiger charge is -2.44. The van der Waals surface area contributed by atoms with Gasteiger partial charge in [-0.3, -0.25) is 9.58 Å². The summed E-state index contributed by atoms with van der Waals surface area (Å²) >= 11 is 3.81. The Morgan fingerprint density at radius 2 is 1.90 bits per heavy atom. The van der Waals surface area contributed by atoms with E-state index >= 15 is 0 Å². The lowest BCUT2D eigenvalue weighted by Crippen LogP contribution is -2.46. The molecule has 0 N–H and O–H groups in total. The Morgan fingerprint density at radius 1 is 1.14 bits per heavy atom. The molecule has 0 bridgehead atoms. The predicted octanol–water partition coefficient (Wildman–Crippen LogP) is 4.38. The Hall–Kier alpha value is -0.350. The van der Waals surface area contributed by atoms with Gasteiger partial charge in [-0.05, 0) is 67.4 Å². The Bertz CT molecular complexity index is 481. The maximum atomic E-state index is 4.76. The van der Waals surface area contributed by atoms with Crippen molar-refractivity contribution < 1.29 is 0 Å². The number of aryl methyl sites for hydroxylation is 2. The fourth-order valence-electron chi connectivity index (χ4n) is 4.28. The molecule has 1 aliphatic carbocycles. The third-order valence-corrected chi connectivity index (χ3v) is 6.32. The molecule has 4 heteroatoms. The molecule has 2 heterocycles. The van der Waals surface area contributed by atoms with Crippen molar-refractivity contribution in [3.05, 3.63) is 15.9 Å². The zero-order chi connectivity index (χ0) is 14.8. The molecule has 1 saturated carbocycles. The third kappa shape index (κ3) is 3.07. The van der Waals surface area contributed by atoms with Crippen molar-refractivity contribution in [2.24, 2.45) is 5.92 Å². The maximum Gasteiger partial charge on any atom is 0.0767 e. The summed E-state index contributed by atoms with van der Waals surface area (Å²) in [6.07, 6.45) is 9.57. The van der Waals surface area contributed by atoms with Gasteiger partial charge in [0, 0.05) is 19.1 Å². The molecule has 0 spiro atoms. The van der Waals surface area contributed by atoms with Gasteiger partial charge in [-0.15, -0.1) is 0 Å². The van der Waals surface area contributed by atoms with E-state index < -0.39 is 0 Å². The summed E-state index contributed by atoms with van der Waals surface area (Å²) in [7, 11) is 0. The molecule has 2 unspecified atom stereocenters. The van der Waals surface area contributed by atoms with Crippen molar-refractivity contribution in [3.8, 4) is 0 Å². The maximum absolute atomic E-state index is 4.76. The summed E-state index contributed by atoms with van der Waals surface area (Å²) < 4.78 is 3.46. The van der Waals surface area contributed by atoms with Crippen molar-refractivity contribution >= 4 is 15.9 Å².